The molecule has 26 heavy (non-hydrogen) atoms. The molecule has 1 aliphatic carbocycles. The average molecular weight is 361 g/mol. The van der Waals surface area contributed by atoms with Crippen LogP contribution in [0.2, 0.25) is 0 Å². The number of para-hydroxylation sites is 1. The normalized spacial score (nSPS) is 23.9. The summed E-state index contributed by atoms with van der Waals surface area (Å²) in [6.07, 6.45) is 13.4. The molecule has 2 atom stereocenters. The van der Waals surface area contributed by atoms with Gasteiger partial charge in [0.05, 0.1) is 11.2 Å². The molecule has 0 heterocycles. The summed E-state index contributed by atoms with van der Waals surface area (Å²) in [7, 11) is 0. The van der Waals surface area contributed by atoms with E-state index in [2.05, 4.69) is 27.7 Å². The van der Waals surface area contributed by atoms with Crippen molar-refractivity contribution in [2.24, 2.45) is 5.92 Å². The first-order valence-electron chi connectivity index (χ1n) is 10.9. The van der Waals surface area contributed by atoms with E-state index in [1.165, 1.54) is 64.2 Å². The van der Waals surface area contributed by atoms with Gasteiger partial charge in [0, 0.05) is 6.42 Å². The van der Waals surface area contributed by atoms with Crippen molar-refractivity contribution in [3.05, 3.63) is 29.8 Å². The molecule has 1 saturated carbocycles. The highest BCUT2D eigenvalue weighted by molar-refractivity contribution is 5.32. The fourth-order valence-electron chi connectivity index (χ4n) is 4.84. The number of hydrogen-bond acceptors (Lipinski definition) is 2. The first kappa shape index (κ1) is 21.3. The third kappa shape index (κ3) is 5.74. The molecule has 0 spiro atoms. The van der Waals surface area contributed by atoms with E-state index in [0.29, 0.717) is 11.7 Å². The fourth-order valence-corrected chi connectivity index (χ4v) is 4.84. The number of phenolic OH excluding ortho intramolecular Hbond substituents is 1. The minimum absolute atomic E-state index is 0.0251. The van der Waals surface area contributed by atoms with E-state index < -0.39 is 0 Å². The van der Waals surface area contributed by atoms with Gasteiger partial charge in [-0.25, -0.2) is 0 Å². The second-order valence-electron chi connectivity index (χ2n) is 8.92. The molecule has 0 radical (unpaired) electrons. The topological polar surface area (TPSA) is 29.5 Å². The molecule has 2 rings (SSSR count). The summed E-state index contributed by atoms with van der Waals surface area (Å²) < 4.78 is 7.03. The first-order valence-corrected chi connectivity index (χ1v) is 10.9. The van der Waals surface area contributed by atoms with Crippen LogP contribution in [0.15, 0.2) is 24.3 Å². The lowest BCUT2D eigenvalue weighted by atomic mass is 9.70. The van der Waals surface area contributed by atoms with Crippen molar-refractivity contribution in [2.45, 2.75) is 110 Å². The minimum atomic E-state index is -0.269. The van der Waals surface area contributed by atoms with Crippen LogP contribution in [0.4, 0.5) is 0 Å². The summed E-state index contributed by atoms with van der Waals surface area (Å²) >= 11 is 0. The summed E-state index contributed by atoms with van der Waals surface area (Å²) in [5.74, 6) is 1.07. The van der Waals surface area contributed by atoms with Crippen molar-refractivity contribution >= 4 is 0 Å². The maximum atomic E-state index is 10.2. The van der Waals surface area contributed by atoms with Gasteiger partial charge in [-0.2, -0.15) is 0 Å². The molecule has 0 saturated heterocycles. The maximum Gasteiger partial charge on any atom is 0.118 e. The zero-order valence-corrected chi connectivity index (χ0v) is 17.5. The second kappa shape index (κ2) is 9.78. The smallest absolute Gasteiger partial charge is 0.118 e. The van der Waals surface area contributed by atoms with E-state index in [1.807, 2.05) is 18.2 Å². The van der Waals surface area contributed by atoms with Crippen molar-refractivity contribution in [2.75, 3.05) is 0 Å². The highest BCUT2D eigenvalue weighted by Gasteiger charge is 2.44. The standard InChI is InChI=1S/C24H40O2/c1-5-7-14-21-15-11-12-18-24(21,17-8-6-2)26-23(3,4)19-20-13-9-10-16-22(20)25/h9-10,13,16,21,25H,5-8,11-12,14-15,17-19H2,1-4H3. The van der Waals surface area contributed by atoms with Gasteiger partial charge >= 0.3 is 0 Å². The Balaban J connectivity index is 2.19. The Bertz CT molecular complexity index is 537. The first-order chi connectivity index (χ1) is 12.4. The lowest BCUT2D eigenvalue weighted by Crippen LogP contribution is -2.49. The average Bonchev–Trinajstić information content (AvgIpc) is 2.61. The molecule has 0 aliphatic heterocycles. The van der Waals surface area contributed by atoms with Crippen molar-refractivity contribution in [1.82, 2.24) is 0 Å². The summed E-state index contributed by atoms with van der Waals surface area (Å²) in [6, 6.07) is 7.69. The molecule has 1 aromatic carbocycles. The van der Waals surface area contributed by atoms with Gasteiger partial charge in [0.25, 0.3) is 0 Å². The minimum Gasteiger partial charge on any atom is -0.508 e. The Hall–Kier alpha value is -1.02. The molecule has 0 amide bonds. The molecule has 1 fully saturated rings. The zero-order chi connectivity index (χ0) is 19.0. The Morgan fingerprint density at radius 2 is 1.85 bits per heavy atom. The highest BCUT2D eigenvalue weighted by Crippen LogP contribution is 2.46. The summed E-state index contributed by atoms with van der Waals surface area (Å²) in [6.45, 7) is 8.99. The third-order valence-electron chi connectivity index (χ3n) is 6.09. The number of rotatable bonds is 10. The van der Waals surface area contributed by atoms with Crippen molar-refractivity contribution in [3.63, 3.8) is 0 Å². The van der Waals surface area contributed by atoms with Crippen LogP contribution in [0.25, 0.3) is 0 Å². The van der Waals surface area contributed by atoms with Crippen LogP contribution in [-0.2, 0) is 11.2 Å². The Morgan fingerprint density at radius 3 is 2.54 bits per heavy atom. The summed E-state index contributed by atoms with van der Waals surface area (Å²) in [4.78, 5) is 0. The van der Waals surface area contributed by atoms with Gasteiger partial charge in [-0.3, -0.25) is 0 Å². The van der Waals surface area contributed by atoms with Crippen LogP contribution in [-0.4, -0.2) is 16.3 Å². The van der Waals surface area contributed by atoms with Crippen LogP contribution in [0.5, 0.6) is 5.75 Å². The van der Waals surface area contributed by atoms with E-state index in [-0.39, 0.29) is 11.2 Å². The molecule has 148 valence electrons. The quantitative estimate of drug-likeness (QED) is 0.485. The van der Waals surface area contributed by atoms with Gasteiger partial charge in [-0.15, -0.1) is 0 Å². The monoisotopic (exact) mass is 360 g/mol. The van der Waals surface area contributed by atoms with Gasteiger partial charge in [-0.1, -0.05) is 70.6 Å². The Morgan fingerprint density at radius 1 is 1.12 bits per heavy atom. The van der Waals surface area contributed by atoms with Gasteiger partial charge in [0.15, 0.2) is 0 Å². The molecule has 0 bridgehead atoms. The van der Waals surface area contributed by atoms with Crippen LogP contribution >= 0.6 is 0 Å². The van der Waals surface area contributed by atoms with E-state index in [1.54, 1.807) is 6.07 Å². The predicted molar refractivity (Wildman–Crippen MR) is 111 cm³/mol. The number of ether oxygens (including phenoxy) is 1. The van der Waals surface area contributed by atoms with Crippen molar-refractivity contribution < 1.29 is 9.84 Å². The number of unbranched alkanes of at least 4 members (excludes halogenated alkanes) is 2. The largest absolute Gasteiger partial charge is 0.508 e. The molecule has 1 aliphatic rings. The van der Waals surface area contributed by atoms with Gasteiger partial charge in [-0.05, 0) is 57.1 Å². The number of phenols is 1. The fraction of sp³-hybridized carbons (Fsp3) is 0.750. The zero-order valence-electron chi connectivity index (χ0n) is 17.5. The third-order valence-corrected chi connectivity index (χ3v) is 6.09. The Kier molecular flexibility index (Phi) is 8.01. The molecular weight excluding hydrogens is 320 g/mol. The molecule has 1 N–H and O–H groups in total. The van der Waals surface area contributed by atoms with Gasteiger partial charge in [0.2, 0.25) is 0 Å². The number of aromatic hydroxyl groups is 1. The van der Waals surface area contributed by atoms with Crippen LogP contribution in [0, 0.1) is 5.92 Å². The molecule has 1 aromatic rings. The van der Waals surface area contributed by atoms with Crippen molar-refractivity contribution in [1.29, 1.82) is 0 Å². The molecule has 0 aromatic heterocycles. The van der Waals surface area contributed by atoms with Gasteiger partial charge < -0.3 is 9.84 Å². The lowest BCUT2D eigenvalue weighted by molar-refractivity contribution is -0.188. The van der Waals surface area contributed by atoms with Crippen LogP contribution in [0.1, 0.15) is 97.5 Å². The lowest BCUT2D eigenvalue weighted by Gasteiger charge is -2.49. The molecule has 2 nitrogen and oxygen atoms in total. The SMILES string of the molecule is CCCCC1CCCCC1(CCCC)OC(C)(C)Cc1ccccc1O. The van der Waals surface area contributed by atoms with Crippen molar-refractivity contribution in [3.8, 4) is 5.75 Å². The molecule has 2 heteroatoms. The molecular formula is C24H40O2. The van der Waals surface area contributed by atoms with E-state index >= 15 is 0 Å². The maximum absolute atomic E-state index is 10.2. The number of hydrogen-bond donors (Lipinski definition) is 1. The van der Waals surface area contributed by atoms with E-state index in [4.69, 9.17) is 4.74 Å². The second-order valence-corrected chi connectivity index (χ2v) is 8.92. The van der Waals surface area contributed by atoms with Crippen LogP contribution < -0.4 is 0 Å². The van der Waals surface area contributed by atoms with Gasteiger partial charge in [0.1, 0.15) is 5.75 Å². The summed E-state index contributed by atoms with van der Waals surface area (Å²) in [5.41, 5.74) is 0.746. The van der Waals surface area contributed by atoms with E-state index in [9.17, 15) is 5.11 Å². The molecule has 2 unspecified atom stereocenters. The predicted octanol–water partition coefficient (Wildman–Crippen LogP) is 7.04. The Labute approximate surface area is 161 Å². The van der Waals surface area contributed by atoms with E-state index in [0.717, 1.165) is 12.0 Å². The summed E-state index contributed by atoms with van der Waals surface area (Å²) in [5, 5.41) is 10.2. The number of benzene rings is 1. The van der Waals surface area contributed by atoms with Crippen LogP contribution in [0.3, 0.4) is 0 Å². The highest BCUT2D eigenvalue weighted by atomic mass is 16.5.